The smallest absolute Gasteiger partial charge is 0.162 e. The van der Waals surface area contributed by atoms with Crippen LogP contribution in [0.15, 0.2) is 18.2 Å². The molecule has 1 unspecified atom stereocenters. The number of hydrogen-bond donors (Lipinski definition) is 1. The van der Waals surface area contributed by atoms with Crippen LogP contribution in [-0.2, 0) is 0 Å². The topological polar surface area (TPSA) is 46.5 Å². The molecule has 16 heavy (non-hydrogen) atoms. The summed E-state index contributed by atoms with van der Waals surface area (Å²) in [6.07, 6.45) is -0.794. The van der Waals surface area contributed by atoms with Crippen molar-refractivity contribution in [2.45, 2.75) is 13.0 Å². The first-order valence-corrected chi connectivity index (χ1v) is 5.25. The third-order valence-corrected chi connectivity index (χ3v) is 2.30. The second-order valence-corrected chi connectivity index (χ2v) is 3.63. The number of ketones is 1. The molecule has 3 nitrogen and oxygen atoms in total. The molecule has 5 heteroatoms. The third-order valence-electron chi connectivity index (χ3n) is 1.94. The van der Waals surface area contributed by atoms with Gasteiger partial charge in [-0.15, -0.1) is 11.6 Å². The van der Waals surface area contributed by atoms with Crippen molar-refractivity contribution in [2.24, 2.45) is 0 Å². The Labute approximate surface area is 97.8 Å². The minimum Gasteiger partial charge on any atom is -0.491 e. The highest BCUT2D eigenvalue weighted by atomic mass is 35.5. The van der Waals surface area contributed by atoms with Crippen LogP contribution in [0.25, 0.3) is 0 Å². The quantitative estimate of drug-likeness (QED) is 0.639. The Morgan fingerprint density at radius 1 is 1.62 bits per heavy atom. The number of rotatable bonds is 5. The first-order chi connectivity index (χ1) is 7.54. The van der Waals surface area contributed by atoms with Gasteiger partial charge in [0.2, 0.25) is 0 Å². The predicted octanol–water partition coefficient (Wildman–Crippen LogP) is 2.01. The van der Waals surface area contributed by atoms with Crippen molar-refractivity contribution in [1.29, 1.82) is 0 Å². The van der Waals surface area contributed by atoms with E-state index < -0.39 is 11.9 Å². The third kappa shape index (κ3) is 3.47. The van der Waals surface area contributed by atoms with E-state index in [9.17, 15) is 9.18 Å². The van der Waals surface area contributed by atoms with Crippen LogP contribution in [0, 0.1) is 5.82 Å². The van der Waals surface area contributed by atoms with Crippen LogP contribution in [0.1, 0.15) is 17.3 Å². The number of aliphatic hydroxyl groups is 1. The molecule has 0 amide bonds. The van der Waals surface area contributed by atoms with E-state index in [2.05, 4.69) is 0 Å². The number of alkyl halides is 1. The number of aliphatic hydroxyl groups excluding tert-OH is 1. The highest BCUT2D eigenvalue weighted by molar-refractivity contribution is 6.18. The minimum absolute atomic E-state index is 0.0115. The van der Waals surface area contributed by atoms with Crippen LogP contribution in [0.3, 0.4) is 0 Å². The summed E-state index contributed by atoms with van der Waals surface area (Å²) in [6.45, 7) is 1.28. The summed E-state index contributed by atoms with van der Waals surface area (Å²) in [4.78, 5) is 11.0. The fourth-order valence-electron chi connectivity index (χ4n) is 1.11. The lowest BCUT2D eigenvalue weighted by Crippen LogP contribution is -2.18. The number of benzene rings is 1. The summed E-state index contributed by atoms with van der Waals surface area (Å²) in [5.74, 6) is -0.671. The van der Waals surface area contributed by atoms with E-state index >= 15 is 0 Å². The zero-order valence-corrected chi connectivity index (χ0v) is 9.50. The van der Waals surface area contributed by atoms with Gasteiger partial charge in [-0.05, 0) is 19.1 Å². The molecule has 0 spiro atoms. The van der Waals surface area contributed by atoms with Crippen LogP contribution in [0.5, 0.6) is 5.75 Å². The first kappa shape index (κ1) is 12.9. The lowest BCUT2D eigenvalue weighted by Gasteiger charge is -2.10. The highest BCUT2D eigenvalue weighted by Gasteiger charge is 2.09. The Morgan fingerprint density at radius 2 is 2.31 bits per heavy atom. The van der Waals surface area contributed by atoms with Gasteiger partial charge in [-0.25, -0.2) is 4.39 Å². The normalized spacial score (nSPS) is 12.2. The molecule has 1 aromatic carbocycles. The number of carbonyl (C=O) groups is 1. The van der Waals surface area contributed by atoms with Gasteiger partial charge in [0.15, 0.2) is 5.78 Å². The van der Waals surface area contributed by atoms with E-state index in [1.165, 1.54) is 19.1 Å². The molecule has 1 rings (SSSR count). The summed E-state index contributed by atoms with van der Waals surface area (Å²) < 4.78 is 18.4. The van der Waals surface area contributed by atoms with Crippen LogP contribution < -0.4 is 4.74 Å². The van der Waals surface area contributed by atoms with Gasteiger partial charge in [0.1, 0.15) is 24.3 Å². The van der Waals surface area contributed by atoms with Crippen molar-refractivity contribution in [3.63, 3.8) is 0 Å². The van der Waals surface area contributed by atoms with Gasteiger partial charge >= 0.3 is 0 Å². The molecule has 0 bridgehead atoms. The van der Waals surface area contributed by atoms with E-state index in [0.29, 0.717) is 0 Å². The monoisotopic (exact) mass is 246 g/mol. The molecule has 0 aliphatic heterocycles. The molecule has 1 N–H and O–H groups in total. The number of Topliss-reactive ketones (excluding diaryl/α,β-unsaturated/α-hetero) is 1. The molecule has 0 aliphatic carbocycles. The second-order valence-electron chi connectivity index (χ2n) is 3.32. The zero-order valence-electron chi connectivity index (χ0n) is 8.74. The lowest BCUT2D eigenvalue weighted by molar-refractivity contribution is 0.101. The fraction of sp³-hybridized carbons (Fsp3) is 0.364. The van der Waals surface area contributed by atoms with Crippen molar-refractivity contribution in [1.82, 2.24) is 0 Å². The Kier molecular flexibility index (Phi) is 4.71. The highest BCUT2D eigenvalue weighted by Crippen LogP contribution is 2.17. The molecule has 0 aliphatic rings. The van der Waals surface area contributed by atoms with E-state index in [0.717, 1.165) is 6.07 Å². The zero-order chi connectivity index (χ0) is 12.1. The summed E-state index contributed by atoms with van der Waals surface area (Å²) in [5.41, 5.74) is 0.0187. The van der Waals surface area contributed by atoms with Gasteiger partial charge in [-0.1, -0.05) is 0 Å². The SMILES string of the molecule is CC(=O)c1ccc(OCC(O)CCl)cc1F. The van der Waals surface area contributed by atoms with Crippen LogP contribution in [0.4, 0.5) is 4.39 Å². The molecular formula is C11H12ClFO3. The van der Waals surface area contributed by atoms with Crippen LogP contribution in [0.2, 0.25) is 0 Å². The molecule has 88 valence electrons. The van der Waals surface area contributed by atoms with Crippen molar-refractivity contribution in [3.8, 4) is 5.75 Å². The number of hydrogen-bond acceptors (Lipinski definition) is 3. The van der Waals surface area contributed by atoms with Gasteiger partial charge in [0.05, 0.1) is 11.4 Å². The maximum atomic E-state index is 13.3. The summed E-state index contributed by atoms with van der Waals surface area (Å²) >= 11 is 5.37. The first-order valence-electron chi connectivity index (χ1n) is 4.72. The van der Waals surface area contributed by atoms with Crippen LogP contribution >= 0.6 is 11.6 Å². The molecule has 0 fully saturated rings. The van der Waals surface area contributed by atoms with Gasteiger partial charge < -0.3 is 9.84 Å². The average Bonchev–Trinajstić information content (AvgIpc) is 2.25. The van der Waals surface area contributed by atoms with E-state index in [1.807, 2.05) is 0 Å². The Morgan fingerprint density at radius 3 is 2.81 bits per heavy atom. The molecule has 1 atom stereocenters. The maximum absolute atomic E-state index is 13.3. The van der Waals surface area contributed by atoms with Crippen molar-refractivity contribution in [3.05, 3.63) is 29.6 Å². The molecule has 0 radical (unpaired) electrons. The minimum atomic E-state index is -0.794. The Balaban J connectivity index is 2.70. The molecular weight excluding hydrogens is 235 g/mol. The molecule has 1 aromatic rings. The van der Waals surface area contributed by atoms with Crippen molar-refractivity contribution in [2.75, 3.05) is 12.5 Å². The summed E-state index contributed by atoms with van der Waals surface area (Å²) in [7, 11) is 0. The van der Waals surface area contributed by atoms with Crippen LogP contribution in [-0.4, -0.2) is 29.5 Å². The second kappa shape index (κ2) is 5.82. The molecule has 0 saturated carbocycles. The molecule has 0 aromatic heterocycles. The van der Waals surface area contributed by atoms with Crippen molar-refractivity contribution < 1.29 is 19.0 Å². The number of carbonyl (C=O) groups excluding carboxylic acids is 1. The largest absolute Gasteiger partial charge is 0.491 e. The number of ether oxygens (including phenoxy) is 1. The van der Waals surface area contributed by atoms with E-state index in [-0.39, 0.29) is 29.6 Å². The van der Waals surface area contributed by atoms with E-state index in [1.54, 1.807) is 0 Å². The van der Waals surface area contributed by atoms with Gasteiger partial charge in [-0.2, -0.15) is 0 Å². The van der Waals surface area contributed by atoms with E-state index in [4.69, 9.17) is 21.4 Å². The summed E-state index contributed by atoms with van der Waals surface area (Å²) in [6, 6.07) is 3.93. The standard InChI is InChI=1S/C11H12ClFO3/c1-7(14)10-3-2-9(4-11(10)13)16-6-8(15)5-12/h2-4,8,15H,5-6H2,1H3. The van der Waals surface area contributed by atoms with Gasteiger partial charge in [0, 0.05) is 6.07 Å². The molecule has 0 saturated heterocycles. The predicted molar refractivity (Wildman–Crippen MR) is 58.6 cm³/mol. The fourth-order valence-corrected chi connectivity index (χ4v) is 1.20. The Hall–Kier alpha value is -1.13. The van der Waals surface area contributed by atoms with Gasteiger partial charge in [0.25, 0.3) is 0 Å². The lowest BCUT2D eigenvalue weighted by atomic mass is 10.1. The Bertz CT molecular complexity index is 381. The van der Waals surface area contributed by atoms with Gasteiger partial charge in [-0.3, -0.25) is 4.79 Å². The molecule has 0 heterocycles. The maximum Gasteiger partial charge on any atom is 0.162 e. The average molecular weight is 247 g/mol. The summed E-state index contributed by atoms with van der Waals surface area (Å²) in [5, 5.41) is 9.13. The van der Waals surface area contributed by atoms with Crippen molar-refractivity contribution >= 4 is 17.4 Å². The number of halogens is 2.